The lowest BCUT2D eigenvalue weighted by molar-refractivity contribution is 0.414. The number of rotatable bonds is 6. The highest BCUT2D eigenvalue weighted by molar-refractivity contribution is 6.41. The maximum atomic E-state index is 6.11. The van der Waals surface area contributed by atoms with Gasteiger partial charge in [-0.3, -0.25) is 4.99 Å². The molecule has 1 heterocycles. The number of benzene rings is 1. The number of ether oxygens (including phenoxy) is 1. The van der Waals surface area contributed by atoms with Gasteiger partial charge in [0.2, 0.25) is 0 Å². The first-order chi connectivity index (χ1) is 12.5. The molecule has 1 aromatic carbocycles. The fourth-order valence-corrected chi connectivity index (χ4v) is 3.49. The number of methoxy groups -OCH3 is 1. The Hall–Kier alpha value is -1.85. The lowest BCUT2D eigenvalue weighted by Crippen LogP contribution is -2.41. The minimum atomic E-state index is 0.182. The van der Waals surface area contributed by atoms with Gasteiger partial charge in [0, 0.05) is 31.7 Å². The van der Waals surface area contributed by atoms with Crippen LogP contribution < -0.4 is 15.4 Å². The average Bonchev–Trinajstić information content (AvgIpc) is 3.42. The van der Waals surface area contributed by atoms with E-state index in [2.05, 4.69) is 27.8 Å². The zero-order valence-corrected chi connectivity index (χ0v) is 16.8. The van der Waals surface area contributed by atoms with Crippen LogP contribution in [-0.2, 0) is 19.0 Å². The molecule has 140 valence electrons. The van der Waals surface area contributed by atoms with Crippen molar-refractivity contribution in [3.63, 3.8) is 0 Å². The van der Waals surface area contributed by atoms with Crippen LogP contribution in [0.3, 0.4) is 0 Å². The highest BCUT2D eigenvalue weighted by Gasteiger charge is 2.44. The van der Waals surface area contributed by atoms with Crippen LogP contribution >= 0.6 is 23.2 Å². The summed E-state index contributed by atoms with van der Waals surface area (Å²) in [5.74, 6) is 1.65. The SMILES string of the molecule is CN=C(NCc1cc(Cl)c(Cl)n1C)NCC1(c2ccc(OC)cc2)CC1. The van der Waals surface area contributed by atoms with Gasteiger partial charge in [-0.15, -0.1) is 0 Å². The van der Waals surface area contributed by atoms with E-state index in [0.717, 1.165) is 23.9 Å². The summed E-state index contributed by atoms with van der Waals surface area (Å²) in [6.07, 6.45) is 2.35. The van der Waals surface area contributed by atoms with Gasteiger partial charge >= 0.3 is 0 Å². The molecule has 1 aliphatic carbocycles. The van der Waals surface area contributed by atoms with Gasteiger partial charge in [0.15, 0.2) is 5.96 Å². The van der Waals surface area contributed by atoms with Gasteiger partial charge in [0.25, 0.3) is 0 Å². The molecule has 26 heavy (non-hydrogen) atoms. The fraction of sp³-hybridized carbons (Fsp3) is 0.421. The largest absolute Gasteiger partial charge is 0.497 e. The standard InChI is InChI=1S/C19H24Cl2N4O/c1-22-18(23-11-14-10-16(20)17(21)25(14)2)24-12-19(8-9-19)13-4-6-15(26-3)7-5-13/h4-7,10H,8-9,11-12H2,1-3H3,(H2,22,23,24). The van der Waals surface area contributed by atoms with E-state index in [0.29, 0.717) is 16.7 Å². The van der Waals surface area contributed by atoms with Gasteiger partial charge in [-0.1, -0.05) is 35.3 Å². The van der Waals surface area contributed by atoms with Crippen molar-refractivity contribution in [2.75, 3.05) is 20.7 Å². The first-order valence-corrected chi connectivity index (χ1v) is 9.33. The van der Waals surface area contributed by atoms with Crippen molar-refractivity contribution in [1.29, 1.82) is 0 Å². The summed E-state index contributed by atoms with van der Waals surface area (Å²) in [6.45, 7) is 1.44. The van der Waals surface area contributed by atoms with Crippen molar-refractivity contribution in [2.24, 2.45) is 12.0 Å². The molecule has 0 unspecified atom stereocenters. The van der Waals surface area contributed by atoms with E-state index in [1.807, 2.05) is 29.8 Å². The monoisotopic (exact) mass is 394 g/mol. The van der Waals surface area contributed by atoms with Gasteiger partial charge in [0.05, 0.1) is 18.7 Å². The van der Waals surface area contributed by atoms with Crippen LogP contribution in [0.1, 0.15) is 24.1 Å². The van der Waals surface area contributed by atoms with E-state index in [9.17, 15) is 0 Å². The van der Waals surface area contributed by atoms with Gasteiger partial charge in [0.1, 0.15) is 10.9 Å². The van der Waals surface area contributed by atoms with Crippen LogP contribution in [0, 0.1) is 0 Å². The second-order valence-corrected chi connectivity index (χ2v) is 7.39. The van der Waals surface area contributed by atoms with E-state index in [1.165, 1.54) is 18.4 Å². The third-order valence-corrected chi connectivity index (χ3v) is 5.87. The Labute approximate surface area is 164 Å². The summed E-state index contributed by atoms with van der Waals surface area (Å²) in [5, 5.41) is 7.87. The van der Waals surface area contributed by atoms with E-state index in [1.54, 1.807) is 14.2 Å². The Morgan fingerprint density at radius 2 is 1.92 bits per heavy atom. The topological polar surface area (TPSA) is 50.6 Å². The van der Waals surface area contributed by atoms with Gasteiger partial charge in [-0.05, 0) is 36.6 Å². The number of guanidine groups is 1. The molecule has 1 fully saturated rings. The van der Waals surface area contributed by atoms with E-state index in [-0.39, 0.29) is 5.41 Å². The van der Waals surface area contributed by atoms with Gasteiger partial charge in [-0.2, -0.15) is 0 Å². The highest BCUT2D eigenvalue weighted by Crippen LogP contribution is 2.47. The summed E-state index contributed by atoms with van der Waals surface area (Å²) in [6, 6.07) is 10.2. The number of nitrogens with one attached hydrogen (secondary N) is 2. The number of hydrogen-bond donors (Lipinski definition) is 2. The Bertz CT molecular complexity index is 795. The molecule has 0 amide bonds. The third kappa shape index (κ3) is 3.94. The zero-order valence-electron chi connectivity index (χ0n) is 15.3. The maximum absolute atomic E-state index is 6.11. The quantitative estimate of drug-likeness (QED) is 0.579. The van der Waals surface area contributed by atoms with Crippen LogP contribution in [-0.4, -0.2) is 31.2 Å². The normalized spacial score (nSPS) is 15.7. The molecule has 5 nitrogen and oxygen atoms in total. The average molecular weight is 395 g/mol. The molecular formula is C19H24Cl2N4O. The van der Waals surface area contributed by atoms with Crippen LogP contribution in [0.5, 0.6) is 5.75 Å². The molecular weight excluding hydrogens is 371 g/mol. The summed E-state index contributed by atoms with van der Waals surface area (Å²) in [7, 11) is 5.35. The molecule has 2 N–H and O–H groups in total. The minimum absolute atomic E-state index is 0.182. The number of aliphatic imine (C=N–C) groups is 1. The van der Waals surface area contributed by atoms with E-state index < -0.39 is 0 Å². The lowest BCUT2D eigenvalue weighted by atomic mass is 9.96. The van der Waals surface area contributed by atoms with Crippen molar-refractivity contribution in [2.45, 2.75) is 24.8 Å². The summed E-state index contributed by atoms with van der Waals surface area (Å²) >= 11 is 12.2. The molecule has 3 rings (SSSR count). The number of hydrogen-bond acceptors (Lipinski definition) is 2. The molecule has 0 bridgehead atoms. The molecule has 0 saturated heterocycles. The van der Waals surface area contributed by atoms with Gasteiger partial charge in [-0.25, -0.2) is 0 Å². The molecule has 7 heteroatoms. The second-order valence-electron chi connectivity index (χ2n) is 6.62. The molecule has 0 spiro atoms. The summed E-state index contributed by atoms with van der Waals surface area (Å²) in [4.78, 5) is 4.31. The molecule has 1 saturated carbocycles. The summed E-state index contributed by atoms with van der Waals surface area (Å²) in [5.41, 5.74) is 2.52. The Kier molecular flexibility index (Phi) is 5.68. The van der Waals surface area contributed by atoms with Gasteiger partial charge < -0.3 is 19.9 Å². The Balaban J connectivity index is 1.57. The van der Waals surface area contributed by atoms with Crippen molar-refractivity contribution in [3.8, 4) is 5.75 Å². The Morgan fingerprint density at radius 1 is 1.23 bits per heavy atom. The maximum Gasteiger partial charge on any atom is 0.191 e. The molecule has 1 aromatic heterocycles. The van der Waals surface area contributed by atoms with E-state index in [4.69, 9.17) is 27.9 Å². The van der Waals surface area contributed by atoms with Crippen molar-refractivity contribution < 1.29 is 4.74 Å². The molecule has 0 radical (unpaired) electrons. The number of halogens is 2. The molecule has 2 aromatic rings. The number of nitrogens with zero attached hydrogens (tertiary/aromatic N) is 2. The lowest BCUT2D eigenvalue weighted by Gasteiger charge is -2.19. The van der Waals surface area contributed by atoms with E-state index >= 15 is 0 Å². The van der Waals surface area contributed by atoms with Crippen LogP contribution in [0.25, 0.3) is 0 Å². The highest BCUT2D eigenvalue weighted by atomic mass is 35.5. The van der Waals surface area contributed by atoms with Crippen LogP contribution in [0.4, 0.5) is 0 Å². The van der Waals surface area contributed by atoms with Crippen molar-refractivity contribution in [1.82, 2.24) is 15.2 Å². The smallest absolute Gasteiger partial charge is 0.191 e. The fourth-order valence-electron chi connectivity index (χ4n) is 3.07. The molecule has 0 aliphatic heterocycles. The second kappa shape index (κ2) is 7.80. The minimum Gasteiger partial charge on any atom is -0.497 e. The predicted octanol–water partition coefficient (Wildman–Crippen LogP) is 3.74. The molecule has 1 aliphatic rings. The zero-order chi connectivity index (χ0) is 18.7. The number of aromatic nitrogens is 1. The first-order valence-electron chi connectivity index (χ1n) is 8.58. The first kappa shape index (κ1) is 18.9. The Morgan fingerprint density at radius 3 is 2.42 bits per heavy atom. The molecule has 0 atom stereocenters. The third-order valence-electron chi connectivity index (χ3n) is 5.03. The van der Waals surface area contributed by atoms with Crippen molar-refractivity contribution >= 4 is 29.2 Å². The van der Waals surface area contributed by atoms with Crippen molar-refractivity contribution in [3.05, 3.63) is 51.8 Å². The van der Waals surface area contributed by atoms with Crippen LogP contribution in [0.15, 0.2) is 35.3 Å². The van der Waals surface area contributed by atoms with Crippen LogP contribution in [0.2, 0.25) is 10.2 Å². The summed E-state index contributed by atoms with van der Waals surface area (Å²) < 4.78 is 7.11. The predicted molar refractivity (Wildman–Crippen MR) is 108 cm³/mol.